The van der Waals surface area contributed by atoms with Gasteiger partial charge in [-0.05, 0) is 25.1 Å². The van der Waals surface area contributed by atoms with Gasteiger partial charge < -0.3 is 31.0 Å². The third kappa shape index (κ3) is 8.62. The van der Waals surface area contributed by atoms with E-state index in [1.807, 2.05) is 0 Å². The van der Waals surface area contributed by atoms with Crippen LogP contribution in [0, 0.1) is 17.0 Å². The number of halogens is 3. The van der Waals surface area contributed by atoms with E-state index in [1.54, 1.807) is 31.3 Å². The number of pyridine rings is 1. The number of primary amides is 1. The van der Waals surface area contributed by atoms with E-state index in [-0.39, 0.29) is 49.5 Å². The normalized spacial score (nSPS) is 11.2. The van der Waals surface area contributed by atoms with E-state index in [1.165, 1.54) is 18.2 Å². The number of rotatable bonds is 13. The molecule has 3 aromatic rings. The van der Waals surface area contributed by atoms with Gasteiger partial charge in [0.25, 0.3) is 11.8 Å². The first kappa shape index (κ1) is 30.9. The molecule has 1 aromatic heterocycles. The molecule has 6 N–H and O–H groups in total. The fourth-order valence-electron chi connectivity index (χ4n) is 3.42. The minimum absolute atomic E-state index is 0. The minimum Gasteiger partial charge on any atom is -0.487 e. The van der Waals surface area contributed by atoms with Gasteiger partial charge in [0.1, 0.15) is 35.6 Å². The summed E-state index contributed by atoms with van der Waals surface area (Å²) < 4.78 is 46.2. The second kappa shape index (κ2) is 14.6. The maximum Gasteiger partial charge on any atom is 0.255 e. The first-order chi connectivity index (χ1) is 18.2. The summed E-state index contributed by atoms with van der Waals surface area (Å²) in [6.45, 7) is 0.973. The van der Waals surface area contributed by atoms with Crippen molar-refractivity contribution in [3.8, 4) is 11.5 Å². The lowest BCUT2D eigenvalue weighted by molar-refractivity contribution is -0.133. The highest BCUT2D eigenvalue weighted by molar-refractivity contribution is 5.95. The predicted molar refractivity (Wildman–Crippen MR) is 141 cm³/mol. The summed E-state index contributed by atoms with van der Waals surface area (Å²) in [6, 6.07) is 11.6. The van der Waals surface area contributed by atoms with Crippen molar-refractivity contribution >= 4 is 30.1 Å². The monoisotopic (exact) mass is 563 g/mol. The average molecular weight is 564 g/mol. The van der Waals surface area contributed by atoms with E-state index >= 15 is 8.78 Å². The molecule has 2 aromatic carbocycles. The standard InChI is InChI=1S/C26H27F2N5O5.ClH/c1-2-36-24(23-19(27)10-18(11-20(23)28)37-13-17-5-3-4-8-32-17)26(35)33-12-16-7-6-15(25(30)31)9-21(16)38-14-22(29)34;/h3-11,24H,2,12-14H2,1H3,(H2,29,34)(H3,30,31)(H,33,35);1H. The maximum atomic E-state index is 15.0. The second-order valence-electron chi connectivity index (χ2n) is 7.95. The fourth-order valence-corrected chi connectivity index (χ4v) is 3.42. The van der Waals surface area contributed by atoms with Crippen LogP contribution >= 0.6 is 12.4 Å². The molecule has 0 fully saturated rings. The molecule has 0 saturated carbocycles. The summed E-state index contributed by atoms with van der Waals surface area (Å²) in [4.78, 5) is 28.2. The van der Waals surface area contributed by atoms with Gasteiger partial charge >= 0.3 is 0 Å². The molecule has 0 aliphatic heterocycles. The Bertz CT molecular complexity index is 1290. The molecule has 13 heteroatoms. The SMILES string of the molecule is CCOC(C(=O)NCc1ccc(C(=N)N)cc1OCC(N)=O)c1c(F)cc(OCc2ccccn2)cc1F.Cl. The predicted octanol–water partition coefficient (Wildman–Crippen LogP) is 2.90. The quantitative estimate of drug-likeness (QED) is 0.183. The molecule has 1 atom stereocenters. The van der Waals surface area contributed by atoms with Crippen LogP contribution in [0.1, 0.15) is 35.4 Å². The van der Waals surface area contributed by atoms with Gasteiger partial charge in [-0.15, -0.1) is 12.4 Å². The molecule has 1 unspecified atom stereocenters. The molecule has 0 bridgehead atoms. The first-order valence-corrected chi connectivity index (χ1v) is 11.5. The van der Waals surface area contributed by atoms with Crippen LogP contribution in [0.25, 0.3) is 0 Å². The lowest BCUT2D eigenvalue weighted by Gasteiger charge is -2.20. The van der Waals surface area contributed by atoms with E-state index < -0.39 is 41.7 Å². The number of carbonyl (C=O) groups is 2. The number of benzene rings is 2. The first-order valence-electron chi connectivity index (χ1n) is 11.5. The summed E-state index contributed by atoms with van der Waals surface area (Å²) in [5.74, 6) is -3.76. The molecule has 10 nitrogen and oxygen atoms in total. The Balaban J connectivity index is 0.00000533. The molecule has 0 aliphatic rings. The van der Waals surface area contributed by atoms with Gasteiger partial charge in [-0.1, -0.05) is 18.2 Å². The molecule has 0 radical (unpaired) electrons. The number of hydrogen-bond donors (Lipinski definition) is 4. The van der Waals surface area contributed by atoms with Crippen molar-refractivity contribution in [1.29, 1.82) is 5.41 Å². The summed E-state index contributed by atoms with van der Waals surface area (Å²) in [5, 5.41) is 10.1. The molecular formula is C26H28ClF2N5O5. The lowest BCUT2D eigenvalue weighted by Crippen LogP contribution is -2.32. The molecule has 0 saturated heterocycles. The number of nitrogens with two attached hydrogens (primary N) is 2. The highest BCUT2D eigenvalue weighted by atomic mass is 35.5. The third-order valence-electron chi connectivity index (χ3n) is 5.20. The summed E-state index contributed by atoms with van der Waals surface area (Å²) in [7, 11) is 0. The molecule has 1 heterocycles. The topological polar surface area (TPSA) is 163 Å². The lowest BCUT2D eigenvalue weighted by atomic mass is 10.1. The van der Waals surface area contributed by atoms with Gasteiger partial charge in [-0.25, -0.2) is 8.78 Å². The van der Waals surface area contributed by atoms with Crippen molar-refractivity contribution in [2.45, 2.75) is 26.2 Å². The van der Waals surface area contributed by atoms with Crippen LogP contribution in [0.2, 0.25) is 0 Å². The maximum absolute atomic E-state index is 15.0. The molecule has 0 spiro atoms. The summed E-state index contributed by atoms with van der Waals surface area (Å²) >= 11 is 0. The van der Waals surface area contributed by atoms with Gasteiger partial charge in [0.05, 0.1) is 11.3 Å². The van der Waals surface area contributed by atoms with Gasteiger partial charge in [-0.2, -0.15) is 0 Å². The highest BCUT2D eigenvalue weighted by Crippen LogP contribution is 2.29. The Morgan fingerprint density at radius 3 is 2.38 bits per heavy atom. The minimum atomic E-state index is -1.60. The van der Waals surface area contributed by atoms with Gasteiger partial charge in [-0.3, -0.25) is 20.0 Å². The van der Waals surface area contributed by atoms with Crippen molar-refractivity contribution in [3.63, 3.8) is 0 Å². The Morgan fingerprint density at radius 1 is 1.08 bits per heavy atom. The largest absolute Gasteiger partial charge is 0.487 e. The van der Waals surface area contributed by atoms with Crippen LogP contribution in [-0.2, 0) is 27.5 Å². The smallest absolute Gasteiger partial charge is 0.255 e. The summed E-state index contributed by atoms with van der Waals surface area (Å²) in [5.41, 5.74) is 11.4. The number of hydrogen-bond acceptors (Lipinski definition) is 7. The zero-order valence-electron chi connectivity index (χ0n) is 20.9. The van der Waals surface area contributed by atoms with Gasteiger partial charge in [0.2, 0.25) is 0 Å². The van der Waals surface area contributed by atoms with Crippen LogP contribution in [0.4, 0.5) is 8.78 Å². The Morgan fingerprint density at radius 2 is 1.79 bits per heavy atom. The molecule has 3 rings (SSSR count). The van der Waals surface area contributed by atoms with Crippen molar-refractivity contribution in [1.82, 2.24) is 10.3 Å². The number of amidine groups is 1. The zero-order valence-corrected chi connectivity index (χ0v) is 21.7. The van der Waals surface area contributed by atoms with E-state index in [0.717, 1.165) is 12.1 Å². The Hall–Kier alpha value is -4.29. The fraction of sp³-hybridized carbons (Fsp3) is 0.231. The van der Waals surface area contributed by atoms with Crippen LogP contribution in [0.5, 0.6) is 11.5 Å². The van der Waals surface area contributed by atoms with Gasteiger partial charge in [0.15, 0.2) is 12.7 Å². The van der Waals surface area contributed by atoms with Crippen molar-refractivity contribution in [2.24, 2.45) is 11.5 Å². The molecule has 208 valence electrons. The number of nitrogen functional groups attached to an aromatic ring is 1. The van der Waals surface area contributed by atoms with E-state index in [9.17, 15) is 9.59 Å². The second-order valence-corrected chi connectivity index (χ2v) is 7.95. The Kier molecular flexibility index (Phi) is 11.6. The number of carbonyl (C=O) groups excluding carboxylic acids is 2. The van der Waals surface area contributed by atoms with Crippen molar-refractivity contribution in [2.75, 3.05) is 13.2 Å². The number of aromatic nitrogens is 1. The van der Waals surface area contributed by atoms with Gasteiger partial charge in [0, 0.05) is 42.6 Å². The van der Waals surface area contributed by atoms with E-state index in [4.69, 9.17) is 31.1 Å². The van der Waals surface area contributed by atoms with Crippen LogP contribution < -0.4 is 26.3 Å². The zero-order chi connectivity index (χ0) is 27.7. The van der Waals surface area contributed by atoms with E-state index in [2.05, 4.69) is 10.3 Å². The molecule has 0 aliphatic carbocycles. The van der Waals surface area contributed by atoms with Crippen LogP contribution in [0.15, 0.2) is 54.7 Å². The van der Waals surface area contributed by atoms with E-state index in [0.29, 0.717) is 16.8 Å². The number of amides is 2. The number of ether oxygens (including phenoxy) is 3. The van der Waals surface area contributed by atoms with Crippen LogP contribution in [-0.4, -0.2) is 35.8 Å². The molecular weight excluding hydrogens is 536 g/mol. The molecule has 39 heavy (non-hydrogen) atoms. The highest BCUT2D eigenvalue weighted by Gasteiger charge is 2.29. The van der Waals surface area contributed by atoms with Crippen molar-refractivity contribution in [3.05, 3.63) is 88.7 Å². The average Bonchev–Trinajstić information content (AvgIpc) is 2.89. The summed E-state index contributed by atoms with van der Waals surface area (Å²) in [6.07, 6.45) is -0.0324. The molecule has 2 amide bonds. The number of nitrogens with zero attached hydrogens (tertiary/aromatic N) is 1. The Labute approximate surface area is 229 Å². The third-order valence-corrected chi connectivity index (χ3v) is 5.20. The van der Waals surface area contributed by atoms with Crippen molar-refractivity contribution < 1.29 is 32.6 Å². The van der Waals surface area contributed by atoms with Crippen LogP contribution in [0.3, 0.4) is 0 Å². The number of nitrogens with one attached hydrogen (secondary N) is 2.